The summed E-state index contributed by atoms with van der Waals surface area (Å²) in [6.07, 6.45) is 3.66. The van der Waals surface area contributed by atoms with Gasteiger partial charge in [0.05, 0.1) is 0 Å². The second-order valence-electron chi connectivity index (χ2n) is 13.5. The van der Waals surface area contributed by atoms with Crippen molar-refractivity contribution in [3.05, 3.63) is 150 Å². The van der Waals surface area contributed by atoms with Crippen LogP contribution in [0.4, 0.5) is 0 Å². The Hall–Kier alpha value is -5.45. The topological polar surface area (TPSA) is 53.5 Å². The Morgan fingerprint density at radius 1 is 0.654 bits per heavy atom. The molecule has 9 rings (SSSR count). The smallest absolute Gasteiger partial charge is 0.517 e. The van der Waals surface area contributed by atoms with Gasteiger partial charge in [-0.25, -0.2) is 4.98 Å². The Labute approximate surface area is 319 Å². The van der Waals surface area contributed by atoms with Crippen LogP contribution < -0.4 is 30.6 Å². The molecule has 2 aliphatic heterocycles. The van der Waals surface area contributed by atoms with Crippen LogP contribution in [0, 0.1) is 26.0 Å². The quantitative estimate of drug-likeness (QED) is 0.123. The molecule has 5 nitrogen and oxygen atoms in total. The van der Waals surface area contributed by atoms with Crippen molar-refractivity contribution in [3.63, 3.8) is 0 Å². The van der Waals surface area contributed by atoms with Gasteiger partial charge in [0.25, 0.3) is 0 Å². The van der Waals surface area contributed by atoms with E-state index in [1.807, 2.05) is 48.7 Å². The Morgan fingerprint density at radius 2 is 1.31 bits per heavy atom. The molecule has 0 bridgehead atoms. The second-order valence-corrected chi connectivity index (χ2v) is 13.5. The number of hydrogen-bond donors (Lipinski definition) is 0. The van der Waals surface area contributed by atoms with Crippen molar-refractivity contribution in [2.24, 2.45) is 0 Å². The predicted molar refractivity (Wildman–Crippen MR) is 204 cm³/mol. The van der Waals surface area contributed by atoms with Gasteiger partial charge in [-0.2, -0.15) is 0 Å². The SMILES string of the molecule is Cc1cc(C)c2c3c1Oc1ccc(Oc4cc(C(C)C)ccn4)[c-]c1B3c1[c-]c(-c3cc(-c4ccccc4-c4ccccc4)ccn3)ccc1O2.[Pt+2]. The van der Waals surface area contributed by atoms with E-state index in [-0.39, 0.29) is 27.8 Å². The summed E-state index contributed by atoms with van der Waals surface area (Å²) < 4.78 is 19.6. The number of benzene rings is 5. The largest absolute Gasteiger partial charge is 2.00 e. The molecular formula is C45H33BN2O3Pt. The summed E-state index contributed by atoms with van der Waals surface area (Å²) in [4.78, 5) is 9.31. The van der Waals surface area contributed by atoms with Crippen molar-refractivity contribution in [2.45, 2.75) is 33.6 Å². The average molecular weight is 856 g/mol. The molecule has 5 aromatic carbocycles. The minimum Gasteiger partial charge on any atom is -0.517 e. The summed E-state index contributed by atoms with van der Waals surface area (Å²) in [7, 11) is 0. The number of hydrogen-bond acceptors (Lipinski definition) is 5. The van der Waals surface area contributed by atoms with Crippen LogP contribution in [0.1, 0.15) is 36.5 Å². The first kappa shape index (κ1) is 33.7. The zero-order chi connectivity index (χ0) is 34.6. The first-order valence-electron chi connectivity index (χ1n) is 17.3. The van der Waals surface area contributed by atoms with E-state index in [2.05, 4.69) is 112 Å². The van der Waals surface area contributed by atoms with E-state index in [4.69, 9.17) is 19.2 Å². The minimum absolute atomic E-state index is 0. The first-order chi connectivity index (χ1) is 24.9. The molecular weight excluding hydrogens is 822 g/mol. The van der Waals surface area contributed by atoms with E-state index in [1.54, 1.807) is 6.20 Å². The van der Waals surface area contributed by atoms with Gasteiger partial charge in [0.2, 0.25) is 12.6 Å². The van der Waals surface area contributed by atoms with E-state index in [0.29, 0.717) is 17.5 Å². The van der Waals surface area contributed by atoms with Crippen molar-refractivity contribution >= 4 is 23.1 Å². The molecule has 7 aromatic rings. The molecule has 0 amide bonds. The van der Waals surface area contributed by atoms with Crippen LogP contribution in [0.25, 0.3) is 33.5 Å². The third-order valence-corrected chi connectivity index (χ3v) is 9.77. The molecule has 0 aliphatic carbocycles. The van der Waals surface area contributed by atoms with E-state index < -0.39 is 0 Å². The van der Waals surface area contributed by atoms with Gasteiger partial charge >= 0.3 is 21.1 Å². The summed E-state index contributed by atoms with van der Waals surface area (Å²) >= 11 is 0. The van der Waals surface area contributed by atoms with Crippen molar-refractivity contribution in [2.75, 3.05) is 0 Å². The van der Waals surface area contributed by atoms with Gasteiger partial charge in [-0.05, 0) is 82.6 Å². The van der Waals surface area contributed by atoms with Gasteiger partial charge in [-0.3, -0.25) is 0 Å². The summed E-state index contributed by atoms with van der Waals surface area (Å²) in [5.74, 6) is 4.55. The summed E-state index contributed by atoms with van der Waals surface area (Å²) in [5.41, 5.74) is 12.3. The van der Waals surface area contributed by atoms with Crippen LogP contribution in [0.15, 0.2) is 122 Å². The summed E-state index contributed by atoms with van der Waals surface area (Å²) in [6.45, 7) is 8.23. The number of aromatic nitrogens is 2. The zero-order valence-electron chi connectivity index (χ0n) is 29.1. The third-order valence-electron chi connectivity index (χ3n) is 9.77. The van der Waals surface area contributed by atoms with E-state index >= 15 is 0 Å². The number of pyridine rings is 2. The molecule has 0 N–H and O–H groups in total. The van der Waals surface area contributed by atoms with Crippen LogP contribution in [-0.2, 0) is 21.1 Å². The maximum absolute atomic E-state index is 6.65. The number of nitrogens with zero attached hydrogens (tertiary/aromatic N) is 2. The Kier molecular flexibility index (Phi) is 8.81. The molecule has 2 aliphatic rings. The minimum atomic E-state index is -0.249. The number of ether oxygens (including phenoxy) is 3. The predicted octanol–water partition coefficient (Wildman–Crippen LogP) is 9.34. The standard InChI is InChI=1S/C45H33BN2O3.Pt/c1-27(2)31-18-21-48-42(25-31)49-34-15-17-41-38(26-34)46-37-23-33(14-16-40(37)50-44-28(3)22-29(4)45(51-41)43(44)46)39-24-32(19-20-47-39)36-13-9-8-12-35(36)30-10-6-5-7-11-30;/h5-22,24-25,27H,1-4H3;/q-2;+2. The van der Waals surface area contributed by atoms with Crippen LogP contribution in [-0.4, -0.2) is 16.7 Å². The first-order valence-corrected chi connectivity index (χ1v) is 17.3. The Bertz CT molecular complexity index is 2460. The molecule has 0 unspecified atom stereocenters. The molecule has 0 atom stereocenters. The molecule has 4 heterocycles. The monoisotopic (exact) mass is 855 g/mol. The van der Waals surface area contributed by atoms with Crippen molar-refractivity contribution in [1.82, 2.24) is 9.97 Å². The van der Waals surface area contributed by atoms with E-state index in [0.717, 1.165) is 78.5 Å². The maximum Gasteiger partial charge on any atom is 2.00 e. The fourth-order valence-electron chi connectivity index (χ4n) is 7.26. The fourth-order valence-corrected chi connectivity index (χ4v) is 7.26. The van der Waals surface area contributed by atoms with Crippen molar-refractivity contribution < 1.29 is 35.3 Å². The second kappa shape index (κ2) is 13.6. The van der Waals surface area contributed by atoms with Crippen LogP contribution in [0.3, 0.4) is 0 Å². The van der Waals surface area contributed by atoms with E-state index in [9.17, 15) is 0 Å². The fraction of sp³-hybridized carbons (Fsp3) is 0.111. The average Bonchev–Trinajstić information content (AvgIpc) is 3.17. The molecule has 0 saturated heterocycles. The summed E-state index contributed by atoms with van der Waals surface area (Å²) in [6, 6.07) is 44.6. The van der Waals surface area contributed by atoms with Crippen molar-refractivity contribution in [1.29, 1.82) is 0 Å². The summed E-state index contributed by atoms with van der Waals surface area (Å²) in [5, 5.41) is 0. The molecule has 0 spiro atoms. The van der Waals surface area contributed by atoms with Gasteiger partial charge in [0.1, 0.15) is 11.5 Å². The normalized spacial score (nSPS) is 12.1. The van der Waals surface area contributed by atoms with Gasteiger partial charge in [-0.15, -0.1) is 52.9 Å². The van der Waals surface area contributed by atoms with Crippen molar-refractivity contribution in [3.8, 4) is 68.1 Å². The molecule has 254 valence electrons. The molecule has 52 heavy (non-hydrogen) atoms. The number of aryl methyl sites for hydroxylation is 2. The molecule has 0 radical (unpaired) electrons. The van der Waals surface area contributed by atoms with Crippen LogP contribution in [0.5, 0.6) is 34.6 Å². The van der Waals surface area contributed by atoms with Crippen LogP contribution in [0.2, 0.25) is 0 Å². The number of fused-ring (bicyclic) bond motifs is 4. The zero-order valence-corrected chi connectivity index (χ0v) is 31.4. The van der Waals surface area contributed by atoms with Crippen LogP contribution >= 0.6 is 0 Å². The molecule has 2 aromatic heterocycles. The van der Waals surface area contributed by atoms with Gasteiger partial charge < -0.3 is 19.2 Å². The molecule has 7 heteroatoms. The van der Waals surface area contributed by atoms with Gasteiger partial charge in [-0.1, -0.05) is 74.5 Å². The van der Waals surface area contributed by atoms with E-state index in [1.165, 1.54) is 11.1 Å². The molecule has 0 saturated carbocycles. The molecule has 0 fully saturated rings. The maximum atomic E-state index is 6.65. The Balaban J connectivity index is 0.00000387. The number of rotatable bonds is 6. The third kappa shape index (κ3) is 5.91. The van der Waals surface area contributed by atoms with Gasteiger partial charge in [0.15, 0.2) is 0 Å². The van der Waals surface area contributed by atoms with Gasteiger partial charge in [0, 0.05) is 41.2 Å². The Morgan fingerprint density at radius 3 is 2.04 bits per heavy atom.